The third-order valence-corrected chi connectivity index (χ3v) is 8.30. The van der Waals surface area contributed by atoms with E-state index in [0.717, 1.165) is 38.8 Å². The van der Waals surface area contributed by atoms with E-state index in [1.807, 2.05) is 6.08 Å². The number of allylic oxidation sites excluding steroid dienone is 1. The Morgan fingerprint density at radius 1 is 0.927 bits per heavy atom. The Kier molecular flexibility index (Phi) is 8.35. The summed E-state index contributed by atoms with van der Waals surface area (Å²) in [4.78, 5) is 2.09. The topological polar surface area (TPSA) is 96.6 Å². The van der Waals surface area contributed by atoms with Gasteiger partial charge in [-0.05, 0) is 60.5 Å². The molecule has 2 N–H and O–H groups in total. The van der Waals surface area contributed by atoms with Gasteiger partial charge in [0.05, 0.1) is 15.7 Å². The van der Waals surface area contributed by atoms with Crippen molar-refractivity contribution >= 4 is 37.6 Å². The second kappa shape index (κ2) is 12.1. The van der Waals surface area contributed by atoms with Crippen LogP contribution >= 0.6 is 0 Å². The summed E-state index contributed by atoms with van der Waals surface area (Å²) in [6, 6.07) is 30.2. The zero-order valence-electron chi connectivity index (χ0n) is 23.0. The minimum absolute atomic E-state index is 0.227. The number of pyridine rings is 1. The monoisotopic (exact) mass is 567 g/mol. The molecule has 7 nitrogen and oxygen atoms in total. The molecule has 1 aliphatic rings. The predicted molar refractivity (Wildman–Crippen MR) is 163 cm³/mol. The predicted octanol–water partition coefficient (Wildman–Crippen LogP) is 5.15. The van der Waals surface area contributed by atoms with Crippen LogP contribution in [0.15, 0.2) is 109 Å². The van der Waals surface area contributed by atoms with Gasteiger partial charge in [0, 0.05) is 49.6 Å². The Bertz CT molecular complexity index is 1760. The number of hydrogen-bond donors (Lipinski definition) is 2. The first-order chi connectivity index (χ1) is 19.8. The molecular weight excluding hydrogens is 534 g/mol. The summed E-state index contributed by atoms with van der Waals surface area (Å²) in [7, 11) is -4.47. The van der Waals surface area contributed by atoms with Crippen LogP contribution in [0.4, 0.5) is 5.69 Å². The molecule has 0 unspecified atom stereocenters. The molecule has 0 saturated carbocycles. The molecule has 2 heterocycles. The van der Waals surface area contributed by atoms with Gasteiger partial charge in [0.1, 0.15) is 15.9 Å². The number of benzene rings is 4. The maximum absolute atomic E-state index is 10.5. The first-order valence-electron chi connectivity index (χ1n) is 13.5. The van der Waals surface area contributed by atoms with Crippen LogP contribution in [-0.2, 0) is 16.7 Å². The van der Waals surface area contributed by atoms with Crippen molar-refractivity contribution in [3.63, 3.8) is 0 Å². The molecule has 0 amide bonds. The molecule has 1 aromatic heterocycles. The second-order valence-electron chi connectivity index (χ2n) is 10.00. The van der Waals surface area contributed by atoms with E-state index >= 15 is 0 Å². The summed E-state index contributed by atoms with van der Waals surface area (Å²) in [5.74, 6) is -0.227. The summed E-state index contributed by atoms with van der Waals surface area (Å²) in [6.45, 7) is 10.5. The van der Waals surface area contributed by atoms with E-state index in [-0.39, 0.29) is 10.6 Å². The normalized spacial score (nSPS) is 13.6. The first-order valence-corrected chi connectivity index (χ1v) is 14.9. The van der Waals surface area contributed by atoms with Crippen molar-refractivity contribution in [1.29, 1.82) is 0 Å². The molecule has 1 saturated heterocycles. The maximum Gasteiger partial charge on any atom is 0.213 e. The lowest BCUT2D eigenvalue weighted by Crippen LogP contribution is -2.43. The lowest BCUT2D eigenvalue weighted by atomic mass is 9.95. The quantitative estimate of drug-likeness (QED) is 0.132. The fourth-order valence-corrected chi connectivity index (χ4v) is 6.10. The van der Waals surface area contributed by atoms with Gasteiger partial charge in [-0.2, -0.15) is 4.57 Å². The third kappa shape index (κ3) is 6.10. The molecule has 5 aromatic rings. The summed E-state index contributed by atoms with van der Waals surface area (Å²) in [5, 5.41) is 14.9. The number of nitrogens with zero attached hydrogens (tertiary/aromatic N) is 2. The fourth-order valence-electron chi connectivity index (χ4n) is 5.37. The van der Waals surface area contributed by atoms with Gasteiger partial charge in [0.2, 0.25) is 11.0 Å². The summed E-state index contributed by atoms with van der Waals surface area (Å²) < 4.78 is 34.0. The van der Waals surface area contributed by atoms with Crippen molar-refractivity contribution < 1.29 is 22.6 Å². The van der Waals surface area contributed by atoms with Crippen LogP contribution in [0.3, 0.4) is 0 Å². The minimum Gasteiger partial charge on any atom is -0.744 e. The standard InChI is InChI=1S/C26H26N3.C7H8O4S/c1-2-17-29-24-9-5-3-7-22(24)26(23-8-4-6-10-25(23)29)20-11-13-21(14-12-20)28-18-15-27-16-19-28;1-5-2-3-6(8)4-7(5)12(9,10)11/h2-14,27H,1,15-19H2;2-4,8H,1H3,(H,9,10,11)/q+1;/p-1. The molecule has 4 aromatic carbocycles. The Balaban J connectivity index is 0.000000237. The van der Waals surface area contributed by atoms with Crippen LogP contribution in [-0.4, -0.2) is 44.3 Å². The molecule has 0 atom stereocenters. The number of nitrogens with one attached hydrogen (secondary N) is 1. The highest BCUT2D eigenvalue weighted by molar-refractivity contribution is 7.85. The number of rotatable bonds is 5. The van der Waals surface area contributed by atoms with Crippen LogP contribution in [0.25, 0.3) is 32.9 Å². The number of aromatic nitrogens is 1. The van der Waals surface area contributed by atoms with Crippen LogP contribution in [0.1, 0.15) is 5.56 Å². The van der Waals surface area contributed by atoms with E-state index in [9.17, 15) is 13.0 Å². The van der Waals surface area contributed by atoms with E-state index < -0.39 is 10.1 Å². The molecule has 210 valence electrons. The van der Waals surface area contributed by atoms with Gasteiger partial charge in [-0.15, -0.1) is 0 Å². The van der Waals surface area contributed by atoms with Crippen molar-refractivity contribution in [3.05, 3.63) is 109 Å². The Morgan fingerprint density at radius 3 is 2.05 bits per heavy atom. The van der Waals surface area contributed by atoms with Gasteiger partial charge < -0.3 is 19.9 Å². The number of hydrogen-bond acceptors (Lipinski definition) is 6. The Hall–Kier alpha value is -4.24. The zero-order valence-corrected chi connectivity index (χ0v) is 23.8. The smallest absolute Gasteiger partial charge is 0.213 e. The number of fused-ring (bicyclic) bond motifs is 2. The largest absolute Gasteiger partial charge is 0.744 e. The van der Waals surface area contributed by atoms with Crippen molar-refractivity contribution in [2.24, 2.45) is 0 Å². The number of anilines is 1. The maximum atomic E-state index is 10.5. The van der Waals surface area contributed by atoms with Crippen LogP contribution in [0, 0.1) is 6.92 Å². The number of aryl methyl sites for hydroxylation is 1. The van der Waals surface area contributed by atoms with Gasteiger partial charge in [0.25, 0.3) is 0 Å². The molecular formula is C33H33N3O4S. The lowest BCUT2D eigenvalue weighted by Gasteiger charge is -2.29. The van der Waals surface area contributed by atoms with Gasteiger partial charge in [-0.25, -0.2) is 8.42 Å². The average Bonchev–Trinajstić information content (AvgIpc) is 2.99. The molecule has 41 heavy (non-hydrogen) atoms. The Morgan fingerprint density at radius 2 is 1.51 bits per heavy atom. The second-order valence-corrected chi connectivity index (χ2v) is 11.3. The van der Waals surface area contributed by atoms with Crippen molar-refractivity contribution in [3.8, 4) is 16.9 Å². The highest BCUT2D eigenvalue weighted by atomic mass is 32.2. The third-order valence-electron chi connectivity index (χ3n) is 7.32. The average molecular weight is 568 g/mol. The summed E-state index contributed by atoms with van der Waals surface area (Å²) >= 11 is 0. The van der Waals surface area contributed by atoms with E-state index in [1.54, 1.807) is 0 Å². The summed E-state index contributed by atoms with van der Waals surface area (Å²) in [5.41, 5.74) is 6.70. The van der Waals surface area contributed by atoms with E-state index in [0.29, 0.717) is 5.56 Å². The van der Waals surface area contributed by atoms with Crippen molar-refractivity contribution in [1.82, 2.24) is 5.32 Å². The molecule has 1 fully saturated rings. The lowest BCUT2D eigenvalue weighted by molar-refractivity contribution is -0.634. The highest BCUT2D eigenvalue weighted by Gasteiger charge is 2.20. The van der Waals surface area contributed by atoms with Crippen molar-refractivity contribution in [2.75, 3.05) is 31.1 Å². The van der Waals surface area contributed by atoms with Crippen LogP contribution in [0.5, 0.6) is 5.75 Å². The minimum atomic E-state index is -4.47. The number of phenols is 1. The molecule has 6 rings (SSSR count). The SMILES string of the molecule is C=CC[n+]1c2ccccc2c(-c2ccc(N3CCNCC3)cc2)c2ccccc21.Cc1ccc(O)cc1S(=O)(=O)[O-]. The summed E-state index contributed by atoms with van der Waals surface area (Å²) in [6.07, 6.45) is 1.97. The molecule has 0 spiro atoms. The molecule has 0 aliphatic carbocycles. The van der Waals surface area contributed by atoms with E-state index in [1.165, 1.54) is 57.7 Å². The molecule has 0 bridgehead atoms. The van der Waals surface area contributed by atoms with Crippen LogP contribution in [0.2, 0.25) is 0 Å². The zero-order chi connectivity index (χ0) is 29.0. The Labute approximate surface area is 240 Å². The van der Waals surface area contributed by atoms with Gasteiger partial charge in [0.15, 0.2) is 6.54 Å². The fraction of sp³-hybridized carbons (Fsp3) is 0.182. The highest BCUT2D eigenvalue weighted by Crippen LogP contribution is 2.35. The molecule has 0 radical (unpaired) electrons. The van der Waals surface area contributed by atoms with Gasteiger partial charge in [-0.1, -0.05) is 49.0 Å². The number of phenolic OH excluding ortho intramolecular Hbond substituents is 1. The number of para-hydroxylation sites is 2. The van der Waals surface area contributed by atoms with Crippen molar-refractivity contribution in [2.45, 2.75) is 18.4 Å². The van der Waals surface area contributed by atoms with E-state index in [4.69, 9.17) is 5.11 Å². The molecule has 1 aliphatic heterocycles. The van der Waals surface area contributed by atoms with Crippen LogP contribution < -0.4 is 14.8 Å². The molecule has 8 heteroatoms. The van der Waals surface area contributed by atoms with E-state index in [2.05, 4.69) is 94.2 Å². The van der Waals surface area contributed by atoms with Gasteiger partial charge >= 0.3 is 0 Å². The van der Waals surface area contributed by atoms with Gasteiger partial charge in [-0.3, -0.25) is 0 Å². The number of piperazine rings is 1. The first kappa shape index (κ1) is 28.3. The number of aromatic hydroxyl groups is 1.